The molecule has 0 bridgehead atoms. The maximum Gasteiger partial charge on any atom is 0.120 e. The third kappa shape index (κ3) is 2.16. The van der Waals surface area contributed by atoms with Crippen molar-refractivity contribution in [2.75, 3.05) is 0 Å². The quantitative estimate of drug-likeness (QED) is 0.504. The maximum absolute atomic E-state index is 10.8. The van der Waals surface area contributed by atoms with Crippen molar-refractivity contribution in [2.45, 2.75) is 53.4 Å². The molecule has 0 N–H and O–H groups in total. The molecule has 1 aliphatic carbocycles. The zero-order valence-corrected chi connectivity index (χ0v) is 10.5. The molecule has 0 spiro atoms. The summed E-state index contributed by atoms with van der Waals surface area (Å²) in [5.74, 6) is 0.414. The summed E-state index contributed by atoms with van der Waals surface area (Å²) >= 11 is 0. The summed E-state index contributed by atoms with van der Waals surface area (Å²) < 4.78 is 0. The standard InChI is InChI=1S/C14H24O/c1-5-7-12(8-11-15)14(4)10-6-9-13(14,2)3/h5,7,11-12H,6,8-10H2,1-4H3. The summed E-state index contributed by atoms with van der Waals surface area (Å²) in [6, 6.07) is 0. The zero-order chi connectivity index (χ0) is 11.5. The third-order valence-electron chi connectivity index (χ3n) is 4.64. The van der Waals surface area contributed by atoms with Crippen LogP contribution < -0.4 is 0 Å². The molecule has 2 unspecified atom stereocenters. The van der Waals surface area contributed by atoms with Gasteiger partial charge in [-0.3, -0.25) is 0 Å². The van der Waals surface area contributed by atoms with Crippen LogP contribution >= 0.6 is 0 Å². The molecule has 0 aliphatic heterocycles. The van der Waals surface area contributed by atoms with E-state index in [0.717, 1.165) is 6.29 Å². The van der Waals surface area contributed by atoms with Crippen LogP contribution in [-0.2, 0) is 4.79 Å². The van der Waals surface area contributed by atoms with E-state index in [4.69, 9.17) is 0 Å². The number of carbonyl (C=O) groups is 1. The zero-order valence-electron chi connectivity index (χ0n) is 10.5. The molecule has 1 aliphatic rings. The molecule has 86 valence electrons. The normalized spacial score (nSPS) is 32.0. The van der Waals surface area contributed by atoms with Gasteiger partial charge in [-0.25, -0.2) is 0 Å². The lowest BCUT2D eigenvalue weighted by molar-refractivity contribution is -0.109. The second kappa shape index (κ2) is 4.51. The highest BCUT2D eigenvalue weighted by atomic mass is 16.1. The summed E-state index contributed by atoms with van der Waals surface area (Å²) in [5.41, 5.74) is 0.653. The first kappa shape index (κ1) is 12.5. The number of rotatable bonds is 4. The van der Waals surface area contributed by atoms with Gasteiger partial charge in [0.2, 0.25) is 0 Å². The molecular formula is C14H24O. The maximum atomic E-state index is 10.8. The predicted octanol–water partition coefficient (Wildman–Crippen LogP) is 3.98. The van der Waals surface area contributed by atoms with E-state index in [-0.39, 0.29) is 0 Å². The van der Waals surface area contributed by atoms with Crippen LogP contribution in [0.2, 0.25) is 0 Å². The molecule has 0 heterocycles. The third-order valence-corrected chi connectivity index (χ3v) is 4.64. The molecule has 0 amide bonds. The van der Waals surface area contributed by atoms with E-state index >= 15 is 0 Å². The van der Waals surface area contributed by atoms with Crippen molar-refractivity contribution in [3.05, 3.63) is 12.2 Å². The predicted molar refractivity (Wildman–Crippen MR) is 64.7 cm³/mol. The Balaban J connectivity index is 2.94. The highest BCUT2D eigenvalue weighted by molar-refractivity contribution is 5.50. The fourth-order valence-corrected chi connectivity index (χ4v) is 3.10. The molecule has 1 fully saturated rings. The molecule has 15 heavy (non-hydrogen) atoms. The van der Waals surface area contributed by atoms with Crippen molar-refractivity contribution in [1.29, 1.82) is 0 Å². The van der Waals surface area contributed by atoms with Gasteiger partial charge in [-0.1, -0.05) is 39.3 Å². The van der Waals surface area contributed by atoms with Crippen molar-refractivity contribution < 1.29 is 4.79 Å². The van der Waals surface area contributed by atoms with E-state index in [2.05, 4.69) is 32.9 Å². The van der Waals surface area contributed by atoms with Gasteiger partial charge < -0.3 is 4.79 Å². The molecule has 0 radical (unpaired) electrons. The molecule has 0 aromatic rings. The second-order valence-electron chi connectivity index (χ2n) is 5.69. The van der Waals surface area contributed by atoms with Gasteiger partial charge in [0.1, 0.15) is 6.29 Å². The van der Waals surface area contributed by atoms with Gasteiger partial charge in [-0.15, -0.1) is 0 Å². The smallest absolute Gasteiger partial charge is 0.120 e. The van der Waals surface area contributed by atoms with E-state index in [1.54, 1.807) is 0 Å². The lowest BCUT2D eigenvalue weighted by atomic mass is 9.61. The van der Waals surface area contributed by atoms with E-state index in [1.807, 2.05) is 6.92 Å². The van der Waals surface area contributed by atoms with E-state index < -0.39 is 0 Å². The Kier molecular flexibility index (Phi) is 3.75. The molecule has 0 aromatic heterocycles. The van der Waals surface area contributed by atoms with Crippen LogP contribution in [0, 0.1) is 16.7 Å². The van der Waals surface area contributed by atoms with Gasteiger partial charge in [0, 0.05) is 6.42 Å². The van der Waals surface area contributed by atoms with Gasteiger partial charge in [-0.2, -0.15) is 0 Å². The molecule has 0 saturated heterocycles. The molecule has 0 aromatic carbocycles. The summed E-state index contributed by atoms with van der Waals surface area (Å²) in [6.07, 6.45) is 9.90. The van der Waals surface area contributed by atoms with Crippen LogP contribution in [-0.4, -0.2) is 6.29 Å². The Labute approximate surface area is 93.9 Å². The molecular weight excluding hydrogens is 184 g/mol. The second-order valence-corrected chi connectivity index (χ2v) is 5.69. The SMILES string of the molecule is CC=CC(CC=O)C1(C)CCCC1(C)C. The van der Waals surface area contributed by atoms with E-state index in [9.17, 15) is 4.79 Å². The van der Waals surface area contributed by atoms with Crippen LogP contribution in [0.1, 0.15) is 53.4 Å². The first-order chi connectivity index (χ1) is 6.98. The molecule has 1 saturated carbocycles. The van der Waals surface area contributed by atoms with Gasteiger partial charge in [0.25, 0.3) is 0 Å². The largest absolute Gasteiger partial charge is 0.303 e. The number of hydrogen-bond acceptors (Lipinski definition) is 1. The first-order valence-electron chi connectivity index (χ1n) is 6.04. The van der Waals surface area contributed by atoms with Crippen LogP contribution in [0.4, 0.5) is 0 Å². The van der Waals surface area contributed by atoms with Crippen molar-refractivity contribution >= 4 is 6.29 Å². The Hall–Kier alpha value is -0.590. The number of carbonyl (C=O) groups excluding carboxylic acids is 1. The lowest BCUT2D eigenvalue weighted by Crippen LogP contribution is -2.36. The van der Waals surface area contributed by atoms with Crippen molar-refractivity contribution in [1.82, 2.24) is 0 Å². The average molecular weight is 208 g/mol. The number of aldehydes is 1. The van der Waals surface area contributed by atoms with Crippen LogP contribution in [0.25, 0.3) is 0 Å². The molecule has 1 rings (SSSR count). The highest BCUT2D eigenvalue weighted by Crippen LogP contribution is 2.57. The fourth-order valence-electron chi connectivity index (χ4n) is 3.10. The van der Waals surface area contributed by atoms with Crippen molar-refractivity contribution in [2.24, 2.45) is 16.7 Å². The Bertz CT molecular complexity index is 252. The van der Waals surface area contributed by atoms with Gasteiger partial charge in [0.15, 0.2) is 0 Å². The van der Waals surface area contributed by atoms with Gasteiger partial charge in [0.05, 0.1) is 0 Å². The van der Waals surface area contributed by atoms with Gasteiger partial charge >= 0.3 is 0 Å². The topological polar surface area (TPSA) is 17.1 Å². The van der Waals surface area contributed by atoms with Crippen molar-refractivity contribution in [3.63, 3.8) is 0 Å². The summed E-state index contributed by atoms with van der Waals surface area (Å²) in [6.45, 7) is 9.10. The minimum atomic E-state index is 0.292. The van der Waals surface area contributed by atoms with Crippen LogP contribution in [0.5, 0.6) is 0 Å². The summed E-state index contributed by atoms with van der Waals surface area (Å²) in [4.78, 5) is 10.8. The number of allylic oxidation sites excluding steroid dienone is 2. The average Bonchev–Trinajstić information content (AvgIpc) is 2.42. The first-order valence-corrected chi connectivity index (χ1v) is 6.04. The lowest BCUT2D eigenvalue weighted by Gasteiger charge is -2.43. The van der Waals surface area contributed by atoms with Gasteiger partial charge in [-0.05, 0) is 36.5 Å². The molecule has 2 atom stereocenters. The Morgan fingerprint density at radius 2 is 1.93 bits per heavy atom. The monoisotopic (exact) mass is 208 g/mol. The highest BCUT2D eigenvalue weighted by Gasteiger charge is 2.48. The van der Waals surface area contributed by atoms with Crippen LogP contribution in [0.3, 0.4) is 0 Å². The molecule has 1 nitrogen and oxygen atoms in total. The minimum Gasteiger partial charge on any atom is -0.303 e. The van der Waals surface area contributed by atoms with E-state index in [1.165, 1.54) is 19.3 Å². The fraction of sp³-hybridized carbons (Fsp3) is 0.786. The number of hydrogen-bond donors (Lipinski definition) is 0. The minimum absolute atomic E-state index is 0.292. The van der Waals surface area contributed by atoms with Crippen LogP contribution in [0.15, 0.2) is 12.2 Å². The molecule has 1 heteroatoms. The van der Waals surface area contributed by atoms with Crippen molar-refractivity contribution in [3.8, 4) is 0 Å². The summed E-state index contributed by atoms with van der Waals surface area (Å²) in [7, 11) is 0. The summed E-state index contributed by atoms with van der Waals surface area (Å²) in [5, 5.41) is 0. The Morgan fingerprint density at radius 3 is 2.33 bits per heavy atom. The van der Waals surface area contributed by atoms with E-state index in [0.29, 0.717) is 23.2 Å². The Morgan fingerprint density at radius 1 is 1.27 bits per heavy atom.